The van der Waals surface area contributed by atoms with Gasteiger partial charge in [-0.25, -0.2) is 0 Å². The van der Waals surface area contributed by atoms with E-state index in [1.54, 1.807) is 10.8 Å². The standard InChI is InChI=1S/3C6H11.Sn.H/c3*1-3-5-6-4-2;;/h3*1,4-6H2,2H3;;. The molecule has 0 nitrogen and oxygen atoms in total. The van der Waals surface area contributed by atoms with Crippen molar-refractivity contribution in [1.82, 2.24) is 0 Å². The molecule has 0 N–H and O–H groups in total. The van der Waals surface area contributed by atoms with E-state index >= 15 is 0 Å². The summed E-state index contributed by atoms with van der Waals surface area (Å²) in [5, 5.41) is 0. The Morgan fingerprint density at radius 1 is 0.632 bits per heavy atom. The molecule has 1 heteroatoms. The molecular formula is C18H34Sn. The van der Waals surface area contributed by atoms with Crippen molar-refractivity contribution in [1.29, 1.82) is 0 Å². The van der Waals surface area contributed by atoms with Gasteiger partial charge in [0.05, 0.1) is 0 Å². The third kappa shape index (κ3) is 8.01. The van der Waals surface area contributed by atoms with Crippen molar-refractivity contribution in [3.8, 4) is 0 Å². The van der Waals surface area contributed by atoms with Gasteiger partial charge >= 0.3 is 129 Å². The minimum atomic E-state index is -1.99. The Hall–Kier alpha value is 0.0187. The van der Waals surface area contributed by atoms with Crippen LogP contribution in [0.15, 0.2) is 30.5 Å². The van der Waals surface area contributed by atoms with Crippen LogP contribution in [-0.2, 0) is 0 Å². The van der Waals surface area contributed by atoms with Gasteiger partial charge in [-0.1, -0.05) is 0 Å². The normalized spacial score (nSPS) is 10.7. The van der Waals surface area contributed by atoms with Crippen molar-refractivity contribution >= 4 is 19.8 Å². The number of unbranched alkanes of at least 4 members (excludes halogenated alkanes) is 3. The second-order valence-electron chi connectivity index (χ2n) is 5.72. The summed E-state index contributed by atoms with van der Waals surface area (Å²) in [6.07, 6.45) is 11.3. The van der Waals surface area contributed by atoms with Crippen LogP contribution < -0.4 is 0 Å². The summed E-state index contributed by atoms with van der Waals surface area (Å²) >= 11 is -1.99. The molecule has 0 unspecified atom stereocenters. The molecule has 0 amide bonds. The second kappa shape index (κ2) is 11.8. The van der Waals surface area contributed by atoms with Crippen LogP contribution in [0.5, 0.6) is 0 Å². The van der Waals surface area contributed by atoms with Crippen LogP contribution in [0.1, 0.15) is 78.6 Å². The molecule has 110 valence electrons. The average Bonchev–Trinajstić information content (AvgIpc) is 2.40. The van der Waals surface area contributed by atoms with Gasteiger partial charge in [0.25, 0.3) is 0 Å². The number of allylic oxidation sites excluding steroid dienone is 3. The summed E-state index contributed by atoms with van der Waals surface area (Å²) in [6, 6.07) is 0. The van der Waals surface area contributed by atoms with Crippen LogP contribution >= 0.6 is 0 Å². The minimum absolute atomic E-state index is 1.22. The predicted octanol–water partition coefficient (Wildman–Crippen LogP) is 6.07. The Kier molecular flexibility index (Phi) is 11.8. The summed E-state index contributed by atoms with van der Waals surface area (Å²) in [5.74, 6) is 0. The molecule has 0 fully saturated rings. The van der Waals surface area contributed by atoms with Crippen molar-refractivity contribution in [3.05, 3.63) is 30.5 Å². The molecule has 0 bridgehead atoms. The Morgan fingerprint density at radius 2 is 0.895 bits per heavy atom. The molecule has 0 spiro atoms. The molecule has 0 aromatic carbocycles. The Bertz CT molecular complexity index is 241. The molecule has 0 rings (SSSR count). The van der Waals surface area contributed by atoms with Crippen molar-refractivity contribution in [3.63, 3.8) is 0 Å². The summed E-state index contributed by atoms with van der Waals surface area (Å²) in [6.45, 7) is 20.0. The molecule has 0 aliphatic carbocycles. The maximum atomic E-state index is 4.42. The van der Waals surface area contributed by atoms with E-state index in [0.29, 0.717) is 0 Å². The van der Waals surface area contributed by atoms with E-state index in [2.05, 4.69) is 40.5 Å². The zero-order valence-corrected chi connectivity index (χ0v) is 16.9. The van der Waals surface area contributed by atoms with Crippen LogP contribution in [0.4, 0.5) is 0 Å². The Balaban J connectivity index is 4.66. The van der Waals surface area contributed by atoms with Crippen molar-refractivity contribution in [2.45, 2.75) is 78.6 Å². The Labute approximate surface area is 128 Å². The van der Waals surface area contributed by atoms with Crippen LogP contribution in [-0.4, -0.2) is 19.8 Å². The fourth-order valence-corrected chi connectivity index (χ4v) is 11.7. The van der Waals surface area contributed by atoms with E-state index in [4.69, 9.17) is 0 Å². The zero-order chi connectivity index (χ0) is 14.7. The fourth-order valence-electron chi connectivity index (χ4n) is 2.51. The summed E-state index contributed by atoms with van der Waals surface area (Å²) in [4.78, 5) is 0. The van der Waals surface area contributed by atoms with Gasteiger partial charge in [0, 0.05) is 0 Å². The van der Waals surface area contributed by atoms with Gasteiger partial charge < -0.3 is 0 Å². The van der Waals surface area contributed by atoms with Gasteiger partial charge in [0.1, 0.15) is 0 Å². The van der Waals surface area contributed by atoms with Gasteiger partial charge in [-0.05, 0) is 0 Å². The van der Waals surface area contributed by atoms with Gasteiger partial charge in [-0.3, -0.25) is 0 Å². The van der Waals surface area contributed by atoms with Gasteiger partial charge in [-0.2, -0.15) is 0 Å². The first kappa shape index (κ1) is 19.0. The van der Waals surface area contributed by atoms with Crippen LogP contribution in [0.2, 0.25) is 0 Å². The fraction of sp³-hybridized carbons (Fsp3) is 0.667. The first-order chi connectivity index (χ1) is 9.08. The maximum absolute atomic E-state index is 4.42. The zero-order valence-electron chi connectivity index (χ0n) is 13.6. The second-order valence-corrected chi connectivity index (χ2v) is 15.2. The van der Waals surface area contributed by atoms with Crippen LogP contribution in [0.3, 0.4) is 0 Å². The average molecular weight is 369 g/mol. The first-order valence-corrected chi connectivity index (χ1v) is 13.1. The molecule has 0 aliphatic rings. The van der Waals surface area contributed by atoms with Gasteiger partial charge in [0.15, 0.2) is 0 Å². The van der Waals surface area contributed by atoms with Gasteiger partial charge in [0.2, 0.25) is 0 Å². The molecule has 0 saturated carbocycles. The van der Waals surface area contributed by atoms with Crippen LogP contribution in [0, 0.1) is 0 Å². The van der Waals surface area contributed by atoms with Crippen molar-refractivity contribution < 1.29 is 0 Å². The molecule has 0 aromatic heterocycles. The van der Waals surface area contributed by atoms with E-state index < -0.39 is 19.8 Å². The SMILES string of the molecule is C=[C](CCCC)[SnH]([C](=C)CCCC)[C](=C)CCCC. The third-order valence-electron chi connectivity index (χ3n) is 3.78. The van der Waals surface area contributed by atoms with E-state index in [1.165, 1.54) is 57.8 Å². The van der Waals surface area contributed by atoms with E-state index in [0.717, 1.165) is 0 Å². The quantitative estimate of drug-likeness (QED) is 0.366. The number of rotatable bonds is 12. The molecule has 0 radical (unpaired) electrons. The van der Waals surface area contributed by atoms with E-state index in [9.17, 15) is 0 Å². The third-order valence-corrected chi connectivity index (χ3v) is 13.2. The molecule has 0 aromatic rings. The van der Waals surface area contributed by atoms with E-state index in [1.807, 2.05) is 0 Å². The van der Waals surface area contributed by atoms with E-state index in [-0.39, 0.29) is 0 Å². The predicted molar refractivity (Wildman–Crippen MR) is 93.1 cm³/mol. The van der Waals surface area contributed by atoms with Gasteiger partial charge in [-0.15, -0.1) is 0 Å². The molecule has 0 heterocycles. The first-order valence-electron chi connectivity index (χ1n) is 8.11. The molecule has 0 aliphatic heterocycles. The van der Waals surface area contributed by atoms with Crippen molar-refractivity contribution in [2.75, 3.05) is 0 Å². The number of hydrogen-bond acceptors (Lipinski definition) is 0. The van der Waals surface area contributed by atoms with Crippen molar-refractivity contribution in [2.24, 2.45) is 0 Å². The molecule has 0 atom stereocenters. The topological polar surface area (TPSA) is 0 Å². The summed E-state index contributed by atoms with van der Waals surface area (Å²) in [7, 11) is 0. The Morgan fingerprint density at radius 3 is 1.11 bits per heavy atom. The molecule has 0 saturated heterocycles. The van der Waals surface area contributed by atoms with Crippen LogP contribution in [0.25, 0.3) is 0 Å². The monoisotopic (exact) mass is 370 g/mol. The summed E-state index contributed by atoms with van der Waals surface area (Å²) in [5.41, 5.74) is 0. The molecule has 19 heavy (non-hydrogen) atoms. The molecular weight excluding hydrogens is 335 g/mol. The number of hydrogen-bond donors (Lipinski definition) is 0. The summed E-state index contributed by atoms with van der Waals surface area (Å²) < 4.78 is 4.64.